The first kappa shape index (κ1) is 13.5. The van der Waals surface area contributed by atoms with Gasteiger partial charge >= 0.3 is 0 Å². The lowest BCUT2D eigenvalue weighted by molar-refractivity contribution is 0.953. The highest BCUT2D eigenvalue weighted by Gasteiger charge is 2.11. The van der Waals surface area contributed by atoms with Gasteiger partial charge in [-0.25, -0.2) is 9.97 Å². The summed E-state index contributed by atoms with van der Waals surface area (Å²) in [6.07, 6.45) is 2.87. The maximum Gasteiger partial charge on any atom is 0.152 e. The molecule has 0 saturated carbocycles. The molecule has 1 N–H and O–H groups in total. The van der Waals surface area contributed by atoms with Crippen LogP contribution in [0.5, 0.6) is 0 Å². The van der Waals surface area contributed by atoms with Gasteiger partial charge in [-0.15, -0.1) is 0 Å². The molecule has 0 aromatic carbocycles. The van der Waals surface area contributed by atoms with Crippen molar-refractivity contribution in [1.29, 1.82) is 0 Å². The normalized spacial score (nSPS) is 10.5. The van der Waals surface area contributed by atoms with E-state index in [4.69, 9.17) is 0 Å². The second-order valence-corrected chi connectivity index (χ2v) is 4.70. The molecule has 0 atom stereocenters. The zero-order chi connectivity index (χ0) is 13.8. The van der Waals surface area contributed by atoms with Gasteiger partial charge in [0.05, 0.1) is 11.4 Å². The first-order chi connectivity index (χ1) is 9.11. The Labute approximate surface area is 114 Å². The molecule has 0 radical (unpaired) electrons. The summed E-state index contributed by atoms with van der Waals surface area (Å²) in [7, 11) is 0. The fraction of sp³-hybridized carbons (Fsp3) is 0.400. The van der Waals surface area contributed by atoms with Crippen molar-refractivity contribution >= 4 is 5.82 Å². The number of hydrogen-bond acceptors (Lipinski definition) is 4. The van der Waals surface area contributed by atoms with Crippen molar-refractivity contribution in [2.45, 2.75) is 34.1 Å². The lowest BCUT2D eigenvalue weighted by atomic mass is 10.1. The van der Waals surface area contributed by atoms with Crippen LogP contribution in [0, 0.1) is 20.8 Å². The minimum Gasteiger partial charge on any atom is -0.368 e. The summed E-state index contributed by atoms with van der Waals surface area (Å²) in [6, 6.07) is 4.01. The summed E-state index contributed by atoms with van der Waals surface area (Å²) >= 11 is 0. The Bertz CT molecular complexity index is 578. The molecule has 100 valence electrons. The number of nitrogens with one attached hydrogen (secondary N) is 1. The summed E-state index contributed by atoms with van der Waals surface area (Å²) in [6.45, 7) is 8.99. The second-order valence-electron chi connectivity index (χ2n) is 4.70. The molecule has 0 amide bonds. The van der Waals surface area contributed by atoms with Crippen molar-refractivity contribution in [3.63, 3.8) is 0 Å². The Balaban J connectivity index is 2.50. The zero-order valence-electron chi connectivity index (χ0n) is 12.0. The van der Waals surface area contributed by atoms with Crippen molar-refractivity contribution in [2.75, 3.05) is 11.9 Å². The highest BCUT2D eigenvalue weighted by molar-refractivity contribution is 5.71. The Morgan fingerprint density at radius 1 is 1.11 bits per heavy atom. The molecule has 4 nitrogen and oxygen atoms in total. The number of hydrogen-bond donors (Lipinski definition) is 1. The van der Waals surface area contributed by atoms with Gasteiger partial charge < -0.3 is 5.32 Å². The van der Waals surface area contributed by atoms with Gasteiger partial charge in [-0.3, -0.25) is 4.98 Å². The molecule has 0 aliphatic rings. The second kappa shape index (κ2) is 5.78. The van der Waals surface area contributed by atoms with Gasteiger partial charge in [0.1, 0.15) is 5.69 Å². The van der Waals surface area contributed by atoms with Crippen LogP contribution in [0.4, 0.5) is 5.82 Å². The minimum absolute atomic E-state index is 0.857. The van der Waals surface area contributed by atoms with E-state index in [9.17, 15) is 0 Å². The minimum atomic E-state index is 0.857. The summed E-state index contributed by atoms with van der Waals surface area (Å²) in [5.41, 5.74) is 4.88. The van der Waals surface area contributed by atoms with E-state index in [0.717, 1.165) is 47.1 Å². The van der Waals surface area contributed by atoms with Gasteiger partial charge in [-0.2, -0.15) is 0 Å². The molecule has 2 rings (SSSR count). The third-order valence-electron chi connectivity index (χ3n) is 3.02. The number of aromatic nitrogens is 3. The van der Waals surface area contributed by atoms with Gasteiger partial charge in [0.25, 0.3) is 0 Å². The van der Waals surface area contributed by atoms with Crippen LogP contribution in [0.15, 0.2) is 18.3 Å². The van der Waals surface area contributed by atoms with E-state index in [-0.39, 0.29) is 0 Å². The van der Waals surface area contributed by atoms with E-state index in [2.05, 4.69) is 27.2 Å². The summed E-state index contributed by atoms with van der Waals surface area (Å²) in [5.74, 6) is 0.857. The van der Waals surface area contributed by atoms with Crippen LogP contribution in [0.1, 0.15) is 30.4 Å². The molecule has 4 heteroatoms. The van der Waals surface area contributed by atoms with Crippen LogP contribution in [0.25, 0.3) is 11.3 Å². The topological polar surface area (TPSA) is 50.7 Å². The summed E-state index contributed by atoms with van der Waals surface area (Å²) in [5, 5.41) is 3.35. The summed E-state index contributed by atoms with van der Waals surface area (Å²) < 4.78 is 0. The molecular weight excluding hydrogens is 236 g/mol. The Morgan fingerprint density at radius 3 is 2.53 bits per heavy atom. The predicted octanol–water partition coefficient (Wildman–Crippen LogP) is 3.29. The van der Waals surface area contributed by atoms with E-state index in [0.29, 0.717) is 0 Å². The molecule has 0 bridgehead atoms. The molecule has 0 saturated heterocycles. The van der Waals surface area contributed by atoms with Crippen molar-refractivity contribution in [3.8, 4) is 11.3 Å². The highest BCUT2D eigenvalue weighted by atomic mass is 15.0. The van der Waals surface area contributed by atoms with Crippen molar-refractivity contribution < 1.29 is 0 Å². The lowest BCUT2D eigenvalue weighted by Gasteiger charge is -2.12. The monoisotopic (exact) mass is 256 g/mol. The molecule has 0 unspecified atom stereocenters. The van der Waals surface area contributed by atoms with E-state index in [1.165, 1.54) is 0 Å². The molecule has 0 aliphatic heterocycles. The maximum absolute atomic E-state index is 4.68. The van der Waals surface area contributed by atoms with E-state index < -0.39 is 0 Å². The van der Waals surface area contributed by atoms with Crippen molar-refractivity contribution in [1.82, 2.24) is 15.0 Å². The molecule has 0 aliphatic carbocycles. The average molecular weight is 256 g/mol. The smallest absolute Gasteiger partial charge is 0.152 e. The number of aryl methyl sites for hydroxylation is 3. The SMILES string of the molecule is CCCNc1nc(C)c(C)nc1-c1ccnc(C)c1. The fourth-order valence-electron chi connectivity index (χ4n) is 1.86. The number of rotatable bonds is 4. The third-order valence-corrected chi connectivity index (χ3v) is 3.02. The molecular formula is C15H20N4. The molecule has 0 fully saturated rings. The number of pyridine rings is 1. The van der Waals surface area contributed by atoms with Crippen LogP contribution in [0.2, 0.25) is 0 Å². The van der Waals surface area contributed by atoms with Gasteiger partial charge in [0, 0.05) is 24.0 Å². The van der Waals surface area contributed by atoms with Crippen LogP contribution in [-0.4, -0.2) is 21.5 Å². The Kier molecular flexibility index (Phi) is 4.10. The number of nitrogens with zero attached hydrogens (tertiary/aromatic N) is 3. The Hall–Kier alpha value is -1.97. The van der Waals surface area contributed by atoms with Crippen molar-refractivity contribution in [3.05, 3.63) is 35.4 Å². The van der Waals surface area contributed by atoms with Gasteiger partial charge in [-0.05, 0) is 39.3 Å². The molecule has 2 aromatic rings. The largest absolute Gasteiger partial charge is 0.368 e. The molecule has 2 aromatic heterocycles. The first-order valence-corrected chi connectivity index (χ1v) is 6.64. The third kappa shape index (κ3) is 3.08. The van der Waals surface area contributed by atoms with E-state index in [1.54, 1.807) is 0 Å². The zero-order valence-corrected chi connectivity index (χ0v) is 12.0. The van der Waals surface area contributed by atoms with E-state index >= 15 is 0 Å². The van der Waals surface area contributed by atoms with Crippen LogP contribution < -0.4 is 5.32 Å². The van der Waals surface area contributed by atoms with Gasteiger partial charge in [0.2, 0.25) is 0 Å². The Morgan fingerprint density at radius 2 is 1.84 bits per heavy atom. The first-order valence-electron chi connectivity index (χ1n) is 6.64. The number of anilines is 1. The standard InChI is InChI=1S/C15H20N4/c1-5-7-17-15-14(18-11(3)12(4)19-15)13-6-8-16-10(2)9-13/h6,8-9H,5,7H2,1-4H3,(H,17,19). The predicted molar refractivity (Wildman–Crippen MR) is 78.3 cm³/mol. The highest BCUT2D eigenvalue weighted by Crippen LogP contribution is 2.25. The van der Waals surface area contributed by atoms with Gasteiger partial charge in [-0.1, -0.05) is 6.92 Å². The van der Waals surface area contributed by atoms with Crippen LogP contribution in [-0.2, 0) is 0 Å². The lowest BCUT2D eigenvalue weighted by Crippen LogP contribution is -2.07. The summed E-state index contributed by atoms with van der Waals surface area (Å²) in [4.78, 5) is 13.5. The quantitative estimate of drug-likeness (QED) is 0.912. The van der Waals surface area contributed by atoms with Crippen LogP contribution in [0.3, 0.4) is 0 Å². The molecule has 0 spiro atoms. The molecule has 2 heterocycles. The van der Waals surface area contributed by atoms with Gasteiger partial charge in [0.15, 0.2) is 5.82 Å². The average Bonchev–Trinajstić information content (AvgIpc) is 2.39. The maximum atomic E-state index is 4.68. The fourth-order valence-corrected chi connectivity index (χ4v) is 1.86. The van der Waals surface area contributed by atoms with Crippen LogP contribution >= 0.6 is 0 Å². The molecule has 19 heavy (non-hydrogen) atoms. The van der Waals surface area contributed by atoms with E-state index in [1.807, 2.05) is 39.1 Å². The van der Waals surface area contributed by atoms with Crippen molar-refractivity contribution in [2.24, 2.45) is 0 Å².